The lowest BCUT2D eigenvalue weighted by atomic mass is 9.59. The lowest BCUT2D eigenvalue weighted by Crippen LogP contribution is -2.37. The molecule has 0 bridgehead atoms. The molecule has 4 aliphatic carbocycles. The van der Waals surface area contributed by atoms with Gasteiger partial charge >= 0.3 is 0 Å². The van der Waals surface area contributed by atoms with Gasteiger partial charge in [0.1, 0.15) is 0 Å². The van der Waals surface area contributed by atoms with Crippen LogP contribution in [-0.4, -0.2) is 5.78 Å². The van der Waals surface area contributed by atoms with Gasteiger partial charge in [0, 0.05) is 16.6 Å². The summed E-state index contributed by atoms with van der Waals surface area (Å²) in [5.74, 6) is 0.816. The van der Waals surface area contributed by atoms with Gasteiger partial charge in [0.05, 0.1) is 0 Å². The first-order chi connectivity index (χ1) is 12.8. The highest BCUT2D eigenvalue weighted by Gasteiger charge is 2.44. The van der Waals surface area contributed by atoms with E-state index >= 15 is 0 Å². The third-order valence-electron chi connectivity index (χ3n) is 6.68. The zero-order chi connectivity index (χ0) is 17.6. The zero-order valence-electron chi connectivity index (χ0n) is 15.1. The molecule has 0 amide bonds. The summed E-state index contributed by atoms with van der Waals surface area (Å²) in [4.78, 5) is 13.6. The van der Waals surface area contributed by atoms with E-state index in [1.54, 1.807) is 0 Å². The summed E-state index contributed by atoms with van der Waals surface area (Å²) >= 11 is 0. The van der Waals surface area contributed by atoms with Gasteiger partial charge in [0.15, 0.2) is 5.78 Å². The normalized spacial score (nSPS) is 27.5. The summed E-state index contributed by atoms with van der Waals surface area (Å²) < 4.78 is 0. The van der Waals surface area contributed by atoms with Crippen molar-refractivity contribution in [3.05, 3.63) is 83.0 Å². The predicted molar refractivity (Wildman–Crippen MR) is 107 cm³/mol. The Hall–Kier alpha value is -2.41. The molecule has 1 aromatic carbocycles. The zero-order valence-corrected chi connectivity index (χ0v) is 15.1. The molecule has 0 saturated heterocycles. The number of fused-ring (bicyclic) bond motifs is 3. The van der Waals surface area contributed by atoms with Crippen LogP contribution in [-0.2, 0) is 4.79 Å². The molecule has 0 heterocycles. The Morgan fingerprint density at radius 1 is 0.923 bits per heavy atom. The van der Waals surface area contributed by atoms with Gasteiger partial charge in [-0.25, -0.2) is 0 Å². The molecule has 5 rings (SSSR count). The van der Waals surface area contributed by atoms with Crippen molar-refractivity contribution in [2.24, 2.45) is 11.3 Å². The van der Waals surface area contributed by atoms with E-state index in [0.29, 0.717) is 5.92 Å². The highest BCUT2D eigenvalue weighted by Crippen LogP contribution is 2.52. The number of allylic oxidation sites excluding steroid dienone is 9. The van der Waals surface area contributed by atoms with Crippen LogP contribution in [0.4, 0.5) is 0 Å². The highest BCUT2D eigenvalue weighted by atomic mass is 16.1. The molecule has 1 heteroatoms. The van der Waals surface area contributed by atoms with Crippen LogP contribution in [0.15, 0.2) is 71.9 Å². The molecule has 1 nitrogen and oxygen atoms in total. The summed E-state index contributed by atoms with van der Waals surface area (Å²) in [6, 6.07) is 8.33. The van der Waals surface area contributed by atoms with E-state index in [1.807, 2.05) is 6.07 Å². The van der Waals surface area contributed by atoms with Crippen molar-refractivity contribution in [3.8, 4) is 0 Å². The topological polar surface area (TPSA) is 17.1 Å². The van der Waals surface area contributed by atoms with Crippen molar-refractivity contribution in [2.45, 2.75) is 38.5 Å². The number of Topliss-reactive ketones (excluding diaryl/α,β-unsaturated/α-hetero) is 1. The second-order valence-electron chi connectivity index (χ2n) is 8.00. The molecule has 1 saturated carbocycles. The molecule has 1 atom stereocenters. The van der Waals surface area contributed by atoms with Gasteiger partial charge in [-0.2, -0.15) is 0 Å². The molecule has 0 aliphatic heterocycles. The van der Waals surface area contributed by atoms with Crippen LogP contribution in [0.2, 0.25) is 0 Å². The third-order valence-corrected chi connectivity index (χ3v) is 6.68. The van der Waals surface area contributed by atoms with E-state index in [9.17, 15) is 4.79 Å². The smallest absolute Gasteiger partial charge is 0.190 e. The van der Waals surface area contributed by atoms with Crippen LogP contribution in [0, 0.1) is 11.3 Å². The molecular weight excluding hydrogens is 316 g/mol. The second-order valence-corrected chi connectivity index (χ2v) is 8.00. The monoisotopic (exact) mass is 340 g/mol. The van der Waals surface area contributed by atoms with Crippen molar-refractivity contribution in [2.75, 3.05) is 0 Å². The van der Waals surface area contributed by atoms with Crippen molar-refractivity contribution in [1.82, 2.24) is 0 Å². The predicted octanol–water partition coefficient (Wildman–Crippen LogP) is 6.06. The fraction of sp³-hybridized carbons (Fsp3) is 0.320. The minimum Gasteiger partial charge on any atom is -0.289 e. The minimum atomic E-state index is -0.121. The van der Waals surface area contributed by atoms with Crippen molar-refractivity contribution in [1.29, 1.82) is 0 Å². The number of hydrogen-bond donors (Lipinski definition) is 0. The van der Waals surface area contributed by atoms with E-state index in [0.717, 1.165) is 23.1 Å². The maximum absolute atomic E-state index is 13.6. The molecule has 130 valence electrons. The standard InChI is InChI=1S/C25H24O/c26-24-22-17-18-9-5-6-12-20(18)21(22)13-14-23(24)25(15-7-2-8-16-25)19-10-3-1-4-11-19/h2,5-9,12-15,17,19H,1,3-4,10-11,16H2. The Kier molecular flexibility index (Phi) is 3.70. The Bertz CT molecular complexity index is 915. The molecule has 0 N–H and O–H groups in total. The SMILES string of the molecule is O=C1C2=Cc3ccccc3C2=CC=C1C1(C2CCCCC2)C=CC=CC1. The lowest BCUT2D eigenvalue weighted by Gasteiger charge is -2.43. The summed E-state index contributed by atoms with van der Waals surface area (Å²) in [6.07, 6.45) is 22.6. The highest BCUT2D eigenvalue weighted by molar-refractivity contribution is 6.26. The van der Waals surface area contributed by atoms with Gasteiger partial charge in [-0.1, -0.05) is 80.0 Å². The molecule has 0 radical (unpaired) electrons. The van der Waals surface area contributed by atoms with Crippen LogP contribution in [0.25, 0.3) is 11.6 Å². The van der Waals surface area contributed by atoms with Crippen LogP contribution < -0.4 is 0 Å². The maximum Gasteiger partial charge on any atom is 0.190 e. The molecule has 0 spiro atoms. The Balaban J connectivity index is 1.60. The summed E-state index contributed by atoms with van der Waals surface area (Å²) in [5.41, 5.74) is 5.24. The summed E-state index contributed by atoms with van der Waals surface area (Å²) in [7, 11) is 0. The number of benzene rings is 1. The fourth-order valence-electron chi connectivity index (χ4n) is 5.34. The van der Waals surface area contributed by atoms with E-state index in [1.165, 1.54) is 43.2 Å². The molecule has 26 heavy (non-hydrogen) atoms. The number of rotatable bonds is 2. The van der Waals surface area contributed by atoms with Gasteiger partial charge in [-0.05, 0) is 48.0 Å². The second kappa shape index (κ2) is 6.09. The fourth-order valence-corrected chi connectivity index (χ4v) is 5.34. The van der Waals surface area contributed by atoms with Gasteiger partial charge in [-0.15, -0.1) is 0 Å². The van der Waals surface area contributed by atoms with E-state index in [4.69, 9.17) is 0 Å². The molecule has 1 aromatic rings. The molecule has 0 aromatic heterocycles. The van der Waals surface area contributed by atoms with E-state index in [-0.39, 0.29) is 11.2 Å². The first kappa shape index (κ1) is 15.8. The van der Waals surface area contributed by atoms with E-state index < -0.39 is 0 Å². The summed E-state index contributed by atoms with van der Waals surface area (Å²) in [6.45, 7) is 0. The van der Waals surface area contributed by atoms with Crippen LogP contribution in [0.5, 0.6) is 0 Å². The molecular formula is C25H24O. The quantitative estimate of drug-likeness (QED) is 0.639. The summed E-state index contributed by atoms with van der Waals surface area (Å²) in [5, 5.41) is 0. The van der Waals surface area contributed by atoms with Crippen LogP contribution in [0.3, 0.4) is 0 Å². The molecule has 1 fully saturated rings. The van der Waals surface area contributed by atoms with Gasteiger partial charge < -0.3 is 0 Å². The number of hydrogen-bond acceptors (Lipinski definition) is 1. The van der Waals surface area contributed by atoms with Gasteiger partial charge in [-0.3, -0.25) is 4.79 Å². The Morgan fingerprint density at radius 2 is 1.77 bits per heavy atom. The van der Waals surface area contributed by atoms with Crippen molar-refractivity contribution in [3.63, 3.8) is 0 Å². The van der Waals surface area contributed by atoms with Gasteiger partial charge in [0.2, 0.25) is 0 Å². The number of carbonyl (C=O) groups is 1. The average Bonchev–Trinajstić information content (AvgIpc) is 3.09. The average molecular weight is 340 g/mol. The third kappa shape index (κ3) is 2.26. The molecule has 1 unspecified atom stereocenters. The van der Waals surface area contributed by atoms with Gasteiger partial charge in [0.25, 0.3) is 0 Å². The molecule has 4 aliphatic rings. The lowest BCUT2D eigenvalue weighted by molar-refractivity contribution is -0.113. The van der Waals surface area contributed by atoms with Crippen LogP contribution in [0.1, 0.15) is 49.7 Å². The van der Waals surface area contributed by atoms with Crippen LogP contribution >= 0.6 is 0 Å². The first-order valence-electron chi connectivity index (χ1n) is 9.93. The van der Waals surface area contributed by atoms with Crippen molar-refractivity contribution < 1.29 is 4.79 Å². The largest absolute Gasteiger partial charge is 0.289 e. The van der Waals surface area contributed by atoms with Crippen molar-refractivity contribution >= 4 is 17.4 Å². The first-order valence-corrected chi connectivity index (χ1v) is 9.93. The van der Waals surface area contributed by atoms with E-state index in [2.05, 4.69) is 60.7 Å². The number of carbonyl (C=O) groups excluding carboxylic acids is 1. The Labute approximate surface area is 155 Å². The number of ketones is 1. The Morgan fingerprint density at radius 3 is 2.58 bits per heavy atom. The maximum atomic E-state index is 13.6. The minimum absolute atomic E-state index is 0.121.